The van der Waals surface area contributed by atoms with Crippen LogP contribution in [0.3, 0.4) is 0 Å². The lowest BCUT2D eigenvalue weighted by molar-refractivity contribution is 0.460. The Hall–Kier alpha value is -0.410. The van der Waals surface area contributed by atoms with Crippen LogP contribution in [0.4, 0.5) is 0 Å². The van der Waals surface area contributed by atoms with Crippen LogP contribution < -0.4 is 5.32 Å². The first-order valence-electron chi connectivity index (χ1n) is 4.68. The van der Waals surface area contributed by atoms with Crippen molar-refractivity contribution in [3.05, 3.63) is 28.5 Å². The van der Waals surface area contributed by atoms with Gasteiger partial charge in [0, 0.05) is 23.4 Å². The second kappa shape index (κ2) is 4.20. The number of nitrogens with one attached hydrogen (secondary N) is 1. The van der Waals surface area contributed by atoms with E-state index in [1.165, 1.54) is 24.9 Å². The van der Waals surface area contributed by atoms with Crippen LogP contribution in [0, 0.1) is 0 Å². The average Bonchev–Trinajstić information content (AvgIpc) is 2.20. The van der Waals surface area contributed by atoms with E-state index >= 15 is 0 Å². The number of piperidine rings is 1. The molecule has 1 aromatic rings. The normalized spacial score (nSPS) is 23.0. The predicted molar refractivity (Wildman–Crippen MR) is 56.8 cm³/mol. The van der Waals surface area contributed by atoms with E-state index in [-0.39, 0.29) is 0 Å². The van der Waals surface area contributed by atoms with E-state index in [1.807, 2.05) is 12.4 Å². The van der Waals surface area contributed by atoms with Crippen LogP contribution in [0.5, 0.6) is 0 Å². The molecule has 1 aliphatic rings. The Bertz CT molecular complexity index is 282. The molecular formula is C10H13BrN2. The predicted octanol–water partition coefficient (Wildman–Crippen LogP) is 2.31. The van der Waals surface area contributed by atoms with Crippen LogP contribution in [0.1, 0.15) is 24.3 Å². The molecule has 2 nitrogen and oxygen atoms in total. The molecule has 2 heterocycles. The molecular weight excluding hydrogens is 228 g/mol. The number of aromatic nitrogens is 1. The van der Waals surface area contributed by atoms with Gasteiger partial charge in [-0.15, -0.1) is 0 Å². The van der Waals surface area contributed by atoms with Crippen LogP contribution in [0.25, 0.3) is 0 Å². The van der Waals surface area contributed by atoms with E-state index in [2.05, 4.69) is 32.3 Å². The van der Waals surface area contributed by atoms with E-state index in [4.69, 9.17) is 0 Å². The molecule has 1 fully saturated rings. The van der Waals surface area contributed by atoms with Gasteiger partial charge in [0.1, 0.15) is 0 Å². The Kier molecular flexibility index (Phi) is 2.96. The first-order chi connectivity index (χ1) is 6.38. The molecule has 1 aromatic heterocycles. The lowest BCUT2D eigenvalue weighted by Gasteiger charge is -2.23. The summed E-state index contributed by atoms with van der Waals surface area (Å²) in [4.78, 5) is 4.07. The van der Waals surface area contributed by atoms with E-state index < -0.39 is 0 Å². The summed E-state index contributed by atoms with van der Waals surface area (Å²) < 4.78 is 1.14. The third-order valence-electron chi connectivity index (χ3n) is 2.54. The van der Waals surface area contributed by atoms with Crippen molar-refractivity contribution < 1.29 is 0 Å². The third kappa shape index (κ3) is 2.09. The highest BCUT2D eigenvalue weighted by atomic mass is 79.9. The van der Waals surface area contributed by atoms with Gasteiger partial charge in [-0.2, -0.15) is 0 Å². The summed E-state index contributed by atoms with van der Waals surface area (Å²) in [7, 11) is 0. The van der Waals surface area contributed by atoms with Crippen molar-refractivity contribution >= 4 is 15.9 Å². The van der Waals surface area contributed by atoms with Crippen LogP contribution in [0.15, 0.2) is 22.9 Å². The maximum absolute atomic E-state index is 4.07. The summed E-state index contributed by atoms with van der Waals surface area (Å²) >= 11 is 3.54. The highest BCUT2D eigenvalue weighted by Gasteiger charge is 2.16. The van der Waals surface area contributed by atoms with Gasteiger partial charge in [-0.1, -0.05) is 0 Å². The quantitative estimate of drug-likeness (QED) is 0.816. The van der Waals surface area contributed by atoms with Crippen molar-refractivity contribution in [2.45, 2.75) is 18.8 Å². The smallest absolute Gasteiger partial charge is 0.0413 e. The summed E-state index contributed by atoms with van der Waals surface area (Å²) in [5.41, 5.74) is 1.39. The molecule has 1 saturated heterocycles. The zero-order chi connectivity index (χ0) is 9.10. The minimum atomic E-state index is 0.658. The summed E-state index contributed by atoms with van der Waals surface area (Å²) in [6.07, 6.45) is 6.31. The van der Waals surface area contributed by atoms with Gasteiger partial charge in [-0.05, 0) is 52.9 Å². The van der Waals surface area contributed by atoms with Crippen molar-refractivity contribution in [3.63, 3.8) is 0 Å². The number of hydrogen-bond acceptors (Lipinski definition) is 2. The molecule has 0 aromatic carbocycles. The van der Waals surface area contributed by atoms with Gasteiger partial charge in [0.15, 0.2) is 0 Å². The molecule has 13 heavy (non-hydrogen) atoms. The zero-order valence-corrected chi connectivity index (χ0v) is 9.05. The van der Waals surface area contributed by atoms with E-state index in [1.54, 1.807) is 0 Å². The van der Waals surface area contributed by atoms with Gasteiger partial charge >= 0.3 is 0 Å². The highest BCUT2D eigenvalue weighted by Crippen LogP contribution is 2.28. The Labute approximate surface area is 86.9 Å². The Morgan fingerprint density at radius 1 is 1.54 bits per heavy atom. The lowest BCUT2D eigenvalue weighted by atomic mass is 9.92. The Morgan fingerprint density at radius 3 is 3.15 bits per heavy atom. The molecule has 0 aliphatic carbocycles. The monoisotopic (exact) mass is 240 g/mol. The molecule has 0 amide bonds. The fourth-order valence-corrected chi connectivity index (χ4v) is 2.41. The molecule has 1 N–H and O–H groups in total. The number of halogens is 1. The molecule has 1 atom stereocenters. The average molecular weight is 241 g/mol. The van der Waals surface area contributed by atoms with Crippen molar-refractivity contribution in [1.29, 1.82) is 0 Å². The molecule has 0 spiro atoms. The second-order valence-electron chi connectivity index (χ2n) is 3.44. The second-order valence-corrected chi connectivity index (χ2v) is 4.29. The Morgan fingerprint density at radius 2 is 2.46 bits per heavy atom. The molecule has 0 unspecified atom stereocenters. The van der Waals surface area contributed by atoms with E-state index in [9.17, 15) is 0 Å². The number of pyridine rings is 1. The van der Waals surface area contributed by atoms with Gasteiger partial charge in [0.05, 0.1) is 0 Å². The van der Waals surface area contributed by atoms with Crippen molar-refractivity contribution in [3.8, 4) is 0 Å². The van der Waals surface area contributed by atoms with Crippen molar-refractivity contribution in [2.24, 2.45) is 0 Å². The minimum absolute atomic E-state index is 0.658. The largest absolute Gasteiger partial charge is 0.316 e. The van der Waals surface area contributed by atoms with Crippen molar-refractivity contribution in [1.82, 2.24) is 10.3 Å². The topological polar surface area (TPSA) is 24.9 Å². The summed E-state index contributed by atoms with van der Waals surface area (Å²) in [6, 6.07) is 2.11. The standard InChI is InChI=1S/C10H13BrN2/c11-10-7-13-5-3-9(10)8-2-1-4-12-6-8/h3,5,7-8,12H,1-2,4,6H2/t8-/m0/s1. The van der Waals surface area contributed by atoms with Crippen molar-refractivity contribution in [2.75, 3.05) is 13.1 Å². The van der Waals surface area contributed by atoms with Gasteiger partial charge in [0.25, 0.3) is 0 Å². The molecule has 1 aliphatic heterocycles. The summed E-state index contributed by atoms with van der Waals surface area (Å²) in [5.74, 6) is 0.658. The van der Waals surface area contributed by atoms with Crippen LogP contribution in [-0.4, -0.2) is 18.1 Å². The molecule has 70 valence electrons. The summed E-state index contributed by atoms with van der Waals surface area (Å²) in [5, 5.41) is 3.42. The van der Waals surface area contributed by atoms with Crippen LogP contribution in [0.2, 0.25) is 0 Å². The maximum atomic E-state index is 4.07. The van der Waals surface area contributed by atoms with Gasteiger partial charge in [0.2, 0.25) is 0 Å². The van der Waals surface area contributed by atoms with E-state index in [0.29, 0.717) is 5.92 Å². The molecule has 2 rings (SSSR count). The van der Waals surface area contributed by atoms with Crippen LogP contribution in [-0.2, 0) is 0 Å². The lowest BCUT2D eigenvalue weighted by Crippen LogP contribution is -2.28. The first-order valence-corrected chi connectivity index (χ1v) is 5.47. The van der Waals surface area contributed by atoms with Gasteiger partial charge in [-0.3, -0.25) is 4.98 Å². The van der Waals surface area contributed by atoms with Gasteiger partial charge < -0.3 is 5.32 Å². The number of nitrogens with zero attached hydrogens (tertiary/aromatic N) is 1. The fraction of sp³-hybridized carbons (Fsp3) is 0.500. The minimum Gasteiger partial charge on any atom is -0.316 e. The molecule has 0 saturated carbocycles. The van der Waals surface area contributed by atoms with E-state index in [0.717, 1.165) is 11.0 Å². The maximum Gasteiger partial charge on any atom is 0.0413 e. The molecule has 3 heteroatoms. The zero-order valence-electron chi connectivity index (χ0n) is 7.46. The fourth-order valence-electron chi connectivity index (χ4n) is 1.83. The highest BCUT2D eigenvalue weighted by molar-refractivity contribution is 9.10. The third-order valence-corrected chi connectivity index (χ3v) is 3.20. The van der Waals surface area contributed by atoms with Crippen LogP contribution >= 0.6 is 15.9 Å². The van der Waals surface area contributed by atoms with Gasteiger partial charge in [-0.25, -0.2) is 0 Å². The number of hydrogen-bond donors (Lipinski definition) is 1. The number of rotatable bonds is 1. The SMILES string of the molecule is Brc1cnccc1[C@H]1CCCNC1. The Balaban J connectivity index is 2.18. The molecule has 0 bridgehead atoms. The first kappa shape index (κ1) is 9.16. The summed E-state index contributed by atoms with van der Waals surface area (Å²) in [6.45, 7) is 2.27. The molecule has 0 radical (unpaired) electrons.